The smallest absolute Gasteiger partial charge is 0.247 e. The van der Waals surface area contributed by atoms with Gasteiger partial charge in [-0.2, -0.15) is 0 Å². The van der Waals surface area contributed by atoms with Crippen molar-refractivity contribution in [3.05, 3.63) is 58.7 Å². The molecule has 0 heterocycles. The summed E-state index contributed by atoms with van der Waals surface area (Å²) < 4.78 is 26.1. The molecule has 0 aliphatic heterocycles. The monoisotopic (exact) mass is 374 g/mol. The van der Waals surface area contributed by atoms with Gasteiger partial charge in [-0.15, -0.1) is 0 Å². The van der Waals surface area contributed by atoms with Crippen molar-refractivity contribution in [2.45, 2.75) is 40.7 Å². The van der Waals surface area contributed by atoms with Crippen molar-refractivity contribution >= 4 is 27.3 Å². The molecule has 140 valence electrons. The predicted molar refractivity (Wildman–Crippen MR) is 107 cm³/mol. The van der Waals surface area contributed by atoms with Crippen molar-refractivity contribution in [1.29, 1.82) is 0 Å². The topological polar surface area (TPSA) is 66.5 Å². The summed E-state index contributed by atoms with van der Waals surface area (Å²) in [6.45, 7) is 9.22. The van der Waals surface area contributed by atoms with E-state index in [0.29, 0.717) is 11.4 Å². The number of benzene rings is 2. The number of nitrogens with zero attached hydrogens (tertiary/aromatic N) is 1. The van der Waals surface area contributed by atoms with Crippen molar-refractivity contribution < 1.29 is 13.2 Å². The lowest BCUT2D eigenvalue weighted by atomic mass is 10.1. The van der Waals surface area contributed by atoms with Crippen LogP contribution in [0.3, 0.4) is 0 Å². The average molecular weight is 375 g/mol. The minimum absolute atomic E-state index is 0.374. The van der Waals surface area contributed by atoms with Gasteiger partial charge in [-0.3, -0.25) is 9.10 Å². The average Bonchev–Trinajstić information content (AvgIpc) is 2.48. The maximum atomic E-state index is 12.8. The second-order valence-electron chi connectivity index (χ2n) is 6.89. The summed E-state index contributed by atoms with van der Waals surface area (Å²) in [6.07, 6.45) is 1.12. The highest BCUT2D eigenvalue weighted by Gasteiger charge is 2.30. The summed E-state index contributed by atoms with van der Waals surface area (Å²) in [5.74, 6) is -0.374. The highest BCUT2D eigenvalue weighted by atomic mass is 32.2. The number of rotatable bonds is 5. The third-order valence-corrected chi connectivity index (χ3v) is 5.41. The van der Waals surface area contributed by atoms with Gasteiger partial charge in [0.1, 0.15) is 6.04 Å². The van der Waals surface area contributed by atoms with E-state index in [2.05, 4.69) is 5.32 Å². The quantitative estimate of drug-likeness (QED) is 0.867. The number of sulfonamides is 1. The normalized spacial score (nSPS) is 12.5. The fraction of sp³-hybridized carbons (Fsp3) is 0.350. The van der Waals surface area contributed by atoms with Gasteiger partial charge in [0.05, 0.1) is 11.9 Å². The molecule has 0 aliphatic carbocycles. The van der Waals surface area contributed by atoms with Crippen molar-refractivity contribution in [2.75, 3.05) is 15.9 Å². The van der Waals surface area contributed by atoms with Crippen molar-refractivity contribution in [1.82, 2.24) is 0 Å². The third-order valence-electron chi connectivity index (χ3n) is 4.18. The first-order valence-electron chi connectivity index (χ1n) is 8.45. The first kappa shape index (κ1) is 20.0. The molecular formula is C20H26N2O3S. The number of nitrogens with one attached hydrogen (secondary N) is 1. The molecule has 5 nitrogen and oxygen atoms in total. The van der Waals surface area contributed by atoms with Gasteiger partial charge in [0, 0.05) is 5.69 Å². The first-order valence-corrected chi connectivity index (χ1v) is 10.3. The Morgan fingerprint density at radius 3 is 2.08 bits per heavy atom. The molecule has 0 aromatic heterocycles. The molecule has 0 aliphatic rings. The molecule has 1 amide bonds. The van der Waals surface area contributed by atoms with E-state index >= 15 is 0 Å². The molecule has 26 heavy (non-hydrogen) atoms. The second kappa shape index (κ2) is 7.50. The number of amides is 1. The summed E-state index contributed by atoms with van der Waals surface area (Å²) in [4.78, 5) is 12.8. The van der Waals surface area contributed by atoms with Crippen molar-refractivity contribution in [2.24, 2.45) is 0 Å². The van der Waals surface area contributed by atoms with Gasteiger partial charge < -0.3 is 5.32 Å². The SMILES string of the molecule is Cc1cc(C)cc(NC(=O)[C@@H](C)N(c2cc(C)ccc2C)S(C)(=O)=O)c1. The van der Waals surface area contributed by atoms with E-state index < -0.39 is 16.1 Å². The Bertz CT molecular complexity index is 916. The lowest BCUT2D eigenvalue weighted by Crippen LogP contribution is -2.45. The molecule has 2 aromatic rings. The second-order valence-corrected chi connectivity index (χ2v) is 8.75. The van der Waals surface area contributed by atoms with E-state index in [-0.39, 0.29) is 5.91 Å². The van der Waals surface area contributed by atoms with Crippen LogP contribution in [0.4, 0.5) is 11.4 Å². The number of carbonyl (C=O) groups excluding carboxylic acids is 1. The number of anilines is 2. The van der Waals surface area contributed by atoms with Crippen LogP contribution in [0, 0.1) is 27.7 Å². The first-order chi connectivity index (χ1) is 12.0. The fourth-order valence-corrected chi connectivity index (χ4v) is 4.26. The number of hydrogen-bond donors (Lipinski definition) is 1. The summed E-state index contributed by atoms with van der Waals surface area (Å²) in [5, 5.41) is 2.83. The van der Waals surface area contributed by atoms with Crippen LogP contribution in [0.1, 0.15) is 29.2 Å². The maximum absolute atomic E-state index is 12.8. The van der Waals surface area contributed by atoms with Gasteiger partial charge in [0.2, 0.25) is 15.9 Å². The van der Waals surface area contributed by atoms with E-state index in [0.717, 1.165) is 28.5 Å². The van der Waals surface area contributed by atoms with Crippen LogP contribution in [-0.2, 0) is 14.8 Å². The Balaban J connectivity index is 2.39. The molecule has 0 saturated heterocycles. The molecule has 0 unspecified atom stereocenters. The Kier molecular flexibility index (Phi) is 5.76. The van der Waals surface area contributed by atoms with Crippen molar-refractivity contribution in [3.8, 4) is 0 Å². The van der Waals surface area contributed by atoms with Crippen LogP contribution in [0.15, 0.2) is 36.4 Å². The summed E-state index contributed by atoms with van der Waals surface area (Å²) in [7, 11) is -3.64. The Labute approximate surface area is 156 Å². The highest BCUT2D eigenvalue weighted by Crippen LogP contribution is 2.27. The van der Waals surface area contributed by atoms with E-state index in [9.17, 15) is 13.2 Å². The molecule has 1 atom stereocenters. The molecule has 2 aromatic carbocycles. The van der Waals surface area contributed by atoms with Crippen LogP contribution in [0.5, 0.6) is 0 Å². The van der Waals surface area contributed by atoms with E-state index in [1.807, 2.05) is 58.0 Å². The zero-order valence-electron chi connectivity index (χ0n) is 16.1. The van der Waals surface area contributed by atoms with E-state index in [1.165, 1.54) is 4.31 Å². The standard InChI is InChI=1S/C20H26N2O3S/c1-13-7-8-16(4)19(12-13)22(26(6,24)25)17(5)20(23)21-18-10-14(2)9-15(3)11-18/h7-12,17H,1-6H3,(H,21,23)/t17-/m1/s1. The Hall–Kier alpha value is -2.34. The third kappa shape index (κ3) is 4.64. The lowest BCUT2D eigenvalue weighted by Gasteiger charge is -2.29. The van der Waals surface area contributed by atoms with Crippen LogP contribution in [0.25, 0.3) is 0 Å². The molecular weight excluding hydrogens is 348 g/mol. The summed E-state index contributed by atoms with van der Waals surface area (Å²) in [5.41, 5.74) is 4.97. The molecule has 0 radical (unpaired) electrons. The molecule has 6 heteroatoms. The number of aryl methyl sites for hydroxylation is 4. The van der Waals surface area contributed by atoms with Gasteiger partial charge in [0.25, 0.3) is 0 Å². The highest BCUT2D eigenvalue weighted by molar-refractivity contribution is 7.92. The molecule has 0 spiro atoms. The van der Waals surface area contributed by atoms with Crippen molar-refractivity contribution in [3.63, 3.8) is 0 Å². The van der Waals surface area contributed by atoms with Gasteiger partial charge in [-0.1, -0.05) is 18.2 Å². The largest absolute Gasteiger partial charge is 0.324 e. The molecule has 0 bridgehead atoms. The van der Waals surface area contributed by atoms with Gasteiger partial charge in [-0.05, 0) is 75.1 Å². The van der Waals surface area contributed by atoms with Gasteiger partial charge >= 0.3 is 0 Å². The molecule has 2 rings (SSSR count). The predicted octanol–water partition coefficient (Wildman–Crippen LogP) is 3.71. The van der Waals surface area contributed by atoms with Crippen LogP contribution < -0.4 is 9.62 Å². The van der Waals surface area contributed by atoms with E-state index in [1.54, 1.807) is 13.0 Å². The zero-order valence-corrected chi connectivity index (χ0v) is 16.9. The number of hydrogen-bond acceptors (Lipinski definition) is 3. The fourth-order valence-electron chi connectivity index (χ4n) is 3.03. The zero-order chi connectivity index (χ0) is 19.6. The van der Waals surface area contributed by atoms with Gasteiger partial charge in [0.15, 0.2) is 0 Å². The van der Waals surface area contributed by atoms with Crippen LogP contribution >= 0.6 is 0 Å². The molecule has 0 saturated carbocycles. The minimum atomic E-state index is -3.64. The minimum Gasteiger partial charge on any atom is -0.324 e. The summed E-state index contributed by atoms with van der Waals surface area (Å²) in [6, 6.07) is 10.4. The molecule has 0 fully saturated rings. The lowest BCUT2D eigenvalue weighted by molar-refractivity contribution is -0.116. The summed E-state index contributed by atoms with van der Waals surface area (Å²) >= 11 is 0. The van der Waals surface area contributed by atoms with Crippen LogP contribution in [-0.4, -0.2) is 26.6 Å². The Morgan fingerprint density at radius 1 is 0.962 bits per heavy atom. The molecule has 1 N–H and O–H groups in total. The van der Waals surface area contributed by atoms with Crippen LogP contribution in [0.2, 0.25) is 0 Å². The Morgan fingerprint density at radius 2 is 1.54 bits per heavy atom. The van der Waals surface area contributed by atoms with E-state index in [4.69, 9.17) is 0 Å². The van der Waals surface area contributed by atoms with Gasteiger partial charge in [-0.25, -0.2) is 8.42 Å². The maximum Gasteiger partial charge on any atom is 0.247 e. The number of carbonyl (C=O) groups is 1.